The topological polar surface area (TPSA) is 38.5 Å². The fraction of sp³-hybridized carbons (Fsp3) is 0.733. The van der Waals surface area contributed by atoms with Crippen LogP contribution in [0.15, 0.2) is 0 Å². The molecule has 0 aliphatic heterocycles. The number of nitrogens with one attached hydrogen (secondary N) is 1. The van der Waals surface area contributed by atoms with E-state index >= 15 is 0 Å². The number of hydrogen-bond acceptors (Lipinski definition) is 2. The van der Waals surface area contributed by atoms with Gasteiger partial charge in [0.15, 0.2) is 10.4 Å². The number of rotatable bonds is 8. The standard InChI is InChI=1S/C15H26N4S/c1-4-6-7-8-9-10-11-18-14-13(16-15(18)20)12(3)17-19(14)5-2/h4-11H2,1-3H3,(H,16,20). The average Bonchev–Trinajstić information content (AvgIpc) is 2.92. The highest BCUT2D eigenvalue weighted by Gasteiger charge is 2.13. The van der Waals surface area contributed by atoms with Gasteiger partial charge in [0, 0.05) is 13.1 Å². The smallest absolute Gasteiger partial charge is 0.179 e. The first-order chi connectivity index (χ1) is 9.69. The highest BCUT2D eigenvalue weighted by Crippen LogP contribution is 2.19. The van der Waals surface area contributed by atoms with Crippen molar-refractivity contribution in [3.05, 3.63) is 10.5 Å². The second-order valence-electron chi connectivity index (χ2n) is 5.45. The Labute approximate surface area is 126 Å². The summed E-state index contributed by atoms with van der Waals surface area (Å²) >= 11 is 5.46. The van der Waals surface area contributed by atoms with Gasteiger partial charge in [-0.25, -0.2) is 4.68 Å². The quantitative estimate of drug-likeness (QED) is 0.571. The summed E-state index contributed by atoms with van der Waals surface area (Å²) in [5, 5.41) is 4.56. The zero-order valence-corrected chi connectivity index (χ0v) is 13.7. The van der Waals surface area contributed by atoms with Crippen LogP contribution in [0.2, 0.25) is 0 Å². The van der Waals surface area contributed by atoms with Crippen molar-refractivity contribution in [2.24, 2.45) is 0 Å². The predicted molar refractivity (Wildman–Crippen MR) is 86.7 cm³/mol. The first-order valence-corrected chi connectivity index (χ1v) is 8.25. The largest absolute Gasteiger partial charge is 0.328 e. The van der Waals surface area contributed by atoms with Crippen LogP contribution in [0.5, 0.6) is 0 Å². The van der Waals surface area contributed by atoms with Gasteiger partial charge >= 0.3 is 0 Å². The van der Waals surface area contributed by atoms with Crippen LogP contribution in [0.3, 0.4) is 0 Å². The Hall–Kier alpha value is -1.10. The molecule has 5 heteroatoms. The molecule has 2 heterocycles. The molecule has 2 aromatic heterocycles. The third kappa shape index (κ3) is 3.14. The number of aromatic nitrogens is 4. The molecule has 20 heavy (non-hydrogen) atoms. The molecular formula is C15H26N4S. The maximum Gasteiger partial charge on any atom is 0.179 e. The molecule has 1 N–H and O–H groups in total. The van der Waals surface area contributed by atoms with E-state index in [2.05, 4.69) is 28.5 Å². The second kappa shape index (κ2) is 7.07. The van der Waals surface area contributed by atoms with Crippen molar-refractivity contribution in [2.45, 2.75) is 72.4 Å². The van der Waals surface area contributed by atoms with Crippen molar-refractivity contribution >= 4 is 23.4 Å². The highest BCUT2D eigenvalue weighted by molar-refractivity contribution is 7.71. The monoisotopic (exact) mass is 294 g/mol. The minimum atomic E-state index is 0.830. The fourth-order valence-electron chi connectivity index (χ4n) is 2.74. The SMILES string of the molecule is CCCCCCCCn1c(=S)[nH]c2c(C)nn(CC)c21. The predicted octanol–water partition coefficient (Wildman–Crippen LogP) is 4.58. The molecule has 2 rings (SSSR count). The fourth-order valence-corrected chi connectivity index (χ4v) is 3.02. The molecule has 0 atom stereocenters. The molecule has 0 bridgehead atoms. The molecule has 0 spiro atoms. The number of H-pyrrole nitrogens is 1. The number of unbranched alkanes of at least 4 members (excludes halogenated alkanes) is 5. The van der Waals surface area contributed by atoms with E-state index in [1.165, 1.54) is 38.5 Å². The Morgan fingerprint density at radius 1 is 1.10 bits per heavy atom. The van der Waals surface area contributed by atoms with E-state index in [1.54, 1.807) is 0 Å². The molecule has 0 unspecified atom stereocenters. The molecule has 0 aliphatic carbocycles. The van der Waals surface area contributed by atoms with Gasteiger partial charge in [0.1, 0.15) is 5.52 Å². The molecule has 0 fully saturated rings. The van der Waals surface area contributed by atoms with Gasteiger partial charge in [-0.2, -0.15) is 5.10 Å². The van der Waals surface area contributed by atoms with Gasteiger partial charge < -0.3 is 9.55 Å². The van der Waals surface area contributed by atoms with E-state index in [0.29, 0.717) is 0 Å². The van der Waals surface area contributed by atoms with Crippen molar-refractivity contribution in [2.75, 3.05) is 0 Å². The maximum absolute atomic E-state index is 5.46. The minimum absolute atomic E-state index is 0.830. The first kappa shape index (κ1) is 15.3. The molecule has 0 aromatic carbocycles. The average molecular weight is 294 g/mol. The van der Waals surface area contributed by atoms with E-state index in [-0.39, 0.29) is 0 Å². The highest BCUT2D eigenvalue weighted by atomic mass is 32.1. The van der Waals surface area contributed by atoms with Crippen LogP contribution in [-0.4, -0.2) is 19.3 Å². The number of imidazole rings is 1. The zero-order valence-electron chi connectivity index (χ0n) is 12.9. The molecule has 0 radical (unpaired) electrons. The first-order valence-electron chi connectivity index (χ1n) is 7.85. The Bertz CT molecular complexity index is 605. The summed E-state index contributed by atoms with van der Waals surface area (Å²) in [5.74, 6) is 0. The van der Waals surface area contributed by atoms with Crippen molar-refractivity contribution in [1.82, 2.24) is 19.3 Å². The minimum Gasteiger partial charge on any atom is -0.328 e. The van der Waals surface area contributed by atoms with Crippen LogP contribution in [0, 0.1) is 11.7 Å². The Morgan fingerprint density at radius 2 is 1.80 bits per heavy atom. The molecule has 4 nitrogen and oxygen atoms in total. The number of aromatic amines is 1. The molecule has 0 amide bonds. The number of fused-ring (bicyclic) bond motifs is 1. The van der Waals surface area contributed by atoms with Gasteiger partial charge in [-0.3, -0.25) is 0 Å². The van der Waals surface area contributed by atoms with Gasteiger partial charge in [0.05, 0.1) is 5.69 Å². The Kier molecular flexibility index (Phi) is 5.40. The van der Waals surface area contributed by atoms with Gasteiger partial charge in [-0.05, 0) is 32.5 Å². The summed E-state index contributed by atoms with van der Waals surface area (Å²) < 4.78 is 5.10. The number of nitrogens with zero attached hydrogens (tertiary/aromatic N) is 3. The maximum atomic E-state index is 5.46. The summed E-state index contributed by atoms with van der Waals surface area (Å²) in [6.45, 7) is 8.29. The molecule has 0 saturated carbocycles. The van der Waals surface area contributed by atoms with E-state index in [1.807, 2.05) is 11.6 Å². The summed E-state index contributed by atoms with van der Waals surface area (Å²) in [7, 11) is 0. The summed E-state index contributed by atoms with van der Waals surface area (Å²) in [6, 6.07) is 0. The normalized spacial score (nSPS) is 11.6. The molecule has 0 aliphatic rings. The third-order valence-electron chi connectivity index (χ3n) is 3.87. The third-order valence-corrected chi connectivity index (χ3v) is 4.19. The van der Waals surface area contributed by atoms with Crippen LogP contribution in [0.25, 0.3) is 11.2 Å². The molecule has 112 valence electrons. The van der Waals surface area contributed by atoms with Crippen LogP contribution >= 0.6 is 12.2 Å². The van der Waals surface area contributed by atoms with E-state index in [4.69, 9.17) is 12.2 Å². The lowest BCUT2D eigenvalue weighted by molar-refractivity contribution is 0.550. The summed E-state index contributed by atoms with van der Waals surface area (Å²) in [6.07, 6.45) is 7.83. The van der Waals surface area contributed by atoms with E-state index in [9.17, 15) is 0 Å². The van der Waals surface area contributed by atoms with Crippen LogP contribution in [0.1, 0.15) is 58.1 Å². The van der Waals surface area contributed by atoms with Gasteiger partial charge in [0.2, 0.25) is 0 Å². The van der Waals surface area contributed by atoms with Crippen LogP contribution in [-0.2, 0) is 13.1 Å². The molecule has 2 aromatic rings. The van der Waals surface area contributed by atoms with Gasteiger partial charge in [0.25, 0.3) is 0 Å². The summed E-state index contributed by atoms with van der Waals surface area (Å²) in [4.78, 5) is 3.31. The van der Waals surface area contributed by atoms with Crippen LogP contribution in [0.4, 0.5) is 0 Å². The van der Waals surface area contributed by atoms with E-state index < -0.39 is 0 Å². The second-order valence-corrected chi connectivity index (χ2v) is 5.84. The lowest BCUT2D eigenvalue weighted by atomic mass is 10.1. The van der Waals surface area contributed by atoms with E-state index in [0.717, 1.165) is 34.7 Å². The molecule has 0 saturated heterocycles. The number of hydrogen-bond donors (Lipinski definition) is 1. The Morgan fingerprint density at radius 3 is 2.50 bits per heavy atom. The lowest BCUT2D eigenvalue weighted by Crippen LogP contribution is -2.05. The van der Waals surface area contributed by atoms with Crippen molar-refractivity contribution < 1.29 is 0 Å². The van der Waals surface area contributed by atoms with Crippen molar-refractivity contribution in [1.29, 1.82) is 0 Å². The Balaban J connectivity index is 2.06. The van der Waals surface area contributed by atoms with Crippen molar-refractivity contribution in [3.63, 3.8) is 0 Å². The van der Waals surface area contributed by atoms with Crippen molar-refractivity contribution in [3.8, 4) is 0 Å². The lowest BCUT2D eigenvalue weighted by Gasteiger charge is -2.06. The number of aryl methyl sites for hydroxylation is 3. The molecular weight excluding hydrogens is 268 g/mol. The zero-order chi connectivity index (χ0) is 14.5. The van der Waals surface area contributed by atoms with Crippen LogP contribution < -0.4 is 0 Å². The van der Waals surface area contributed by atoms with Gasteiger partial charge in [-0.1, -0.05) is 39.0 Å². The van der Waals surface area contributed by atoms with Gasteiger partial charge in [-0.15, -0.1) is 0 Å². The summed E-state index contributed by atoms with van der Waals surface area (Å²) in [5.41, 5.74) is 3.29.